The maximum atomic E-state index is 13.0. The van der Waals surface area contributed by atoms with E-state index in [0.29, 0.717) is 23.2 Å². The molecular formula is C20H23FN4O2. The third-order valence-electron chi connectivity index (χ3n) is 6.37. The highest BCUT2D eigenvalue weighted by Crippen LogP contribution is 2.54. The van der Waals surface area contributed by atoms with Crippen LogP contribution in [0.5, 0.6) is 0 Å². The molecular weight excluding hydrogens is 347 g/mol. The maximum absolute atomic E-state index is 13.0. The topological polar surface area (TPSA) is 71.3 Å². The molecule has 0 radical (unpaired) electrons. The van der Waals surface area contributed by atoms with Crippen LogP contribution in [0.2, 0.25) is 0 Å². The standard InChI is InChI=1S/C20H23FN4O2/c21-14-3-1-13(2-4-14)15-11-16(15)18-23-24-19(27-18)22-12-17(26)25-9-7-20(5-6-20)8-10-25/h1-4,15-16H,5-12H2,(H,22,24)/t15-,16-/m1/s1. The number of anilines is 1. The van der Waals surface area contributed by atoms with Crippen LogP contribution in [0.3, 0.4) is 0 Å². The number of likely N-dealkylation sites (tertiary alicyclic amines) is 1. The van der Waals surface area contributed by atoms with E-state index >= 15 is 0 Å². The van der Waals surface area contributed by atoms with Gasteiger partial charge in [0.25, 0.3) is 0 Å². The molecule has 1 N–H and O–H groups in total. The third kappa shape index (κ3) is 3.42. The molecule has 1 saturated heterocycles. The zero-order valence-corrected chi connectivity index (χ0v) is 15.2. The van der Waals surface area contributed by atoms with Gasteiger partial charge < -0.3 is 14.6 Å². The van der Waals surface area contributed by atoms with Crippen molar-refractivity contribution in [2.45, 2.75) is 43.9 Å². The summed E-state index contributed by atoms with van der Waals surface area (Å²) in [6, 6.07) is 6.85. The fourth-order valence-electron chi connectivity index (χ4n) is 4.17. The molecule has 2 saturated carbocycles. The molecule has 2 aromatic rings. The SMILES string of the molecule is O=C(CNc1nnc([C@@H]2C[C@@H]2c2ccc(F)cc2)o1)N1CCC2(CC1)CC2. The summed E-state index contributed by atoms with van der Waals surface area (Å²) in [7, 11) is 0. The van der Waals surface area contributed by atoms with E-state index in [9.17, 15) is 9.18 Å². The quantitative estimate of drug-likeness (QED) is 0.874. The number of nitrogens with zero attached hydrogens (tertiary/aromatic N) is 3. The summed E-state index contributed by atoms with van der Waals surface area (Å²) in [5.74, 6) is 0.898. The lowest BCUT2D eigenvalue weighted by Gasteiger charge is -2.32. The number of carbonyl (C=O) groups excluding carboxylic acids is 1. The second-order valence-electron chi connectivity index (χ2n) is 8.18. The molecule has 142 valence electrons. The predicted molar refractivity (Wildman–Crippen MR) is 96.8 cm³/mol. The molecule has 6 nitrogen and oxygen atoms in total. The zero-order valence-electron chi connectivity index (χ0n) is 15.2. The number of nitrogens with one attached hydrogen (secondary N) is 1. The Morgan fingerprint density at radius 1 is 1.15 bits per heavy atom. The third-order valence-corrected chi connectivity index (χ3v) is 6.37. The van der Waals surface area contributed by atoms with Crippen LogP contribution in [0.4, 0.5) is 10.4 Å². The Kier molecular flexibility index (Phi) is 3.91. The monoisotopic (exact) mass is 370 g/mol. The number of hydrogen-bond donors (Lipinski definition) is 1. The largest absolute Gasteiger partial charge is 0.408 e. The Labute approximate surface area is 157 Å². The smallest absolute Gasteiger partial charge is 0.315 e. The van der Waals surface area contributed by atoms with Crippen LogP contribution in [-0.4, -0.2) is 40.6 Å². The minimum Gasteiger partial charge on any atom is -0.408 e. The van der Waals surface area contributed by atoms with Gasteiger partial charge in [0.1, 0.15) is 5.82 Å². The molecule has 1 aromatic carbocycles. The Morgan fingerprint density at radius 3 is 2.59 bits per heavy atom. The fourth-order valence-corrected chi connectivity index (χ4v) is 4.17. The highest BCUT2D eigenvalue weighted by atomic mass is 19.1. The van der Waals surface area contributed by atoms with Gasteiger partial charge in [-0.25, -0.2) is 4.39 Å². The number of rotatable bonds is 5. The van der Waals surface area contributed by atoms with Gasteiger partial charge >= 0.3 is 6.01 Å². The zero-order chi connectivity index (χ0) is 18.4. The Balaban J connectivity index is 1.12. The van der Waals surface area contributed by atoms with Gasteiger partial charge in [-0.2, -0.15) is 0 Å². The van der Waals surface area contributed by atoms with Gasteiger partial charge in [0.05, 0.1) is 6.54 Å². The van der Waals surface area contributed by atoms with E-state index < -0.39 is 0 Å². The van der Waals surface area contributed by atoms with Crippen LogP contribution in [0.15, 0.2) is 28.7 Å². The molecule has 27 heavy (non-hydrogen) atoms. The summed E-state index contributed by atoms with van der Waals surface area (Å²) < 4.78 is 18.7. The lowest BCUT2D eigenvalue weighted by molar-refractivity contribution is -0.130. The average Bonchev–Trinajstić information content (AvgIpc) is 3.59. The first-order chi connectivity index (χ1) is 13.1. The van der Waals surface area contributed by atoms with Gasteiger partial charge in [0, 0.05) is 19.0 Å². The normalized spacial score (nSPS) is 25.4. The summed E-state index contributed by atoms with van der Waals surface area (Å²) >= 11 is 0. The number of piperidine rings is 1. The van der Waals surface area contributed by atoms with E-state index in [-0.39, 0.29) is 24.2 Å². The fraction of sp³-hybridized carbons (Fsp3) is 0.550. The number of amides is 1. The lowest BCUT2D eigenvalue weighted by atomic mass is 9.94. The van der Waals surface area contributed by atoms with Crippen LogP contribution < -0.4 is 5.32 Å². The maximum Gasteiger partial charge on any atom is 0.315 e. The van der Waals surface area contributed by atoms with Crippen molar-refractivity contribution in [2.24, 2.45) is 5.41 Å². The minimum atomic E-state index is -0.231. The lowest BCUT2D eigenvalue weighted by Crippen LogP contribution is -2.41. The van der Waals surface area contributed by atoms with Crippen molar-refractivity contribution in [3.63, 3.8) is 0 Å². The molecule has 7 heteroatoms. The van der Waals surface area contributed by atoms with Gasteiger partial charge in [-0.1, -0.05) is 17.2 Å². The van der Waals surface area contributed by atoms with Crippen molar-refractivity contribution >= 4 is 11.9 Å². The molecule has 3 aliphatic rings. The molecule has 1 aliphatic heterocycles. The summed E-state index contributed by atoms with van der Waals surface area (Å²) in [5.41, 5.74) is 1.65. The van der Waals surface area contributed by atoms with Crippen molar-refractivity contribution in [3.8, 4) is 0 Å². The van der Waals surface area contributed by atoms with Crippen molar-refractivity contribution in [3.05, 3.63) is 41.5 Å². The minimum absolute atomic E-state index is 0.0841. The van der Waals surface area contributed by atoms with E-state index in [2.05, 4.69) is 15.5 Å². The molecule has 0 bridgehead atoms. The van der Waals surface area contributed by atoms with Crippen LogP contribution in [-0.2, 0) is 4.79 Å². The van der Waals surface area contributed by atoms with Gasteiger partial charge in [0.15, 0.2) is 0 Å². The summed E-state index contributed by atoms with van der Waals surface area (Å²) in [6.45, 7) is 1.90. The summed E-state index contributed by atoms with van der Waals surface area (Å²) in [4.78, 5) is 14.3. The molecule has 1 aromatic heterocycles. The van der Waals surface area contributed by atoms with Gasteiger partial charge in [-0.3, -0.25) is 4.79 Å². The molecule has 1 amide bonds. The van der Waals surface area contributed by atoms with E-state index in [1.54, 1.807) is 12.1 Å². The molecule has 2 atom stereocenters. The number of carbonyl (C=O) groups is 1. The van der Waals surface area contributed by atoms with Crippen LogP contribution in [0.25, 0.3) is 0 Å². The van der Waals surface area contributed by atoms with E-state index in [0.717, 1.165) is 37.9 Å². The van der Waals surface area contributed by atoms with Crippen LogP contribution in [0, 0.1) is 11.2 Å². The number of hydrogen-bond acceptors (Lipinski definition) is 5. The van der Waals surface area contributed by atoms with Crippen molar-refractivity contribution in [2.75, 3.05) is 25.0 Å². The first-order valence-corrected chi connectivity index (χ1v) is 9.72. The van der Waals surface area contributed by atoms with E-state index in [4.69, 9.17) is 4.42 Å². The molecule has 2 aliphatic carbocycles. The van der Waals surface area contributed by atoms with Crippen LogP contribution in [0.1, 0.15) is 55.4 Å². The molecule has 0 unspecified atom stereocenters. The van der Waals surface area contributed by atoms with E-state index in [1.165, 1.54) is 25.0 Å². The number of aromatic nitrogens is 2. The van der Waals surface area contributed by atoms with Gasteiger partial charge in [-0.15, -0.1) is 5.10 Å². The summed E-state index contributed by atoms with van der Waals surface area (Å²) in [6.07, 6.45) is 5.85. The van der Waals surface area contributed by atoms with Gasteiger partial charge in [-0.05, 0) is 61.1 Å². The predicted octanol–water partition coefficient (Wildman–Crippen LogP) is 3.29. The highest BCUT2D eigenvalue weighted by Gasteiger charge is 2.45. The summed E-state index contributed by atoms with van der Waals surface area (Å²) in [5, 5.41) is 11.1. The van der Waals surface area contributed by atoms with Crippen LogP contribution >= 0.6 is 0 Å². The molecule has 5 rings (SSSR count). The van der Waals surface area contributed by atoms with Crippen molar-refractivity contribution in [1.29, 1.82) is 0 Å². The second kappa shape index (κ2) is 6.32. The Hall–Kier alpha value is -2.44. The van der Waals surface area contributed by atoms with Crippen molar-refractivity contribution in [1.82, 2.24) is 15.1 Å². The molecule has 3 fully saturated rings. The first kappa shape index (κ1) is 16.7. The number of halogens is 1. The highest BCUT2D eigenvalue weighted by molar-refractivity contribution is 5.80. The van der Waals surface area contributed by atoms with Crippen molar-refractivity contribution < 1.29 is 13.6 Å². The molecule has 2 heterocycles. The van der Waals surface area contributed by atoms with E-state index in [1.807, 2.05) is 4.90 Å². The first-order valence-electron chi connectivity index (χ1n) is 9.72. The Bertz CT molecular complexity index is 836. The average molecular weight is 370 g/mol. The van der Waals surface area contributed by atoms with Gasteiger partial charge in [0.2, 0.25) is 11.8 Å². The molecule has 1 spiro atoms. The Morgan fingerprint density at radius 2 is 1.89 bits per heavy atom. The second-order valence-corrected chi connectivity index (χ2v) is 8.18. The number of benzene rings is 1.